The van der Waals surface area contributed by atoms with E-state index in [4.69, 9.17) is 23.2 Å². The molecule has 0 amide bonds. The average molecular weight is 328 g/mol. The Morgan fingerprint density at radius 2 is 1.81 bits per heavy atom. The van der Waals surface area contributed by atoms with E-state index in [0.717, 1.165) is 29.8 Å². The zero-order chi connectivity index (χ0) is 15.2. The molecule has 0 radical (unpaired) electrons. The molecule has 1 aromatic carbocycles. The molecule has 1 aliphatic carbocycles. The van der Waals surface area contributed by atoms with E-state index in [1.54, 1.807) is 0 Å². The Kier molecular flexibility index (Phi) is 6.85. The fourth-order valence-corrected chi connectivity index (χ4v) is 3.77. The molecule has 1 saturated carbocycles. The second-order valence-corrected chi connectivity index (χ2v) is 7.42. The van der Waals surface area contributed by atoms with Gasteiger partial charge in [0.15, 0.2) is 0 Å². The highest BCUT2D eigenvalue weighted by Gasteiger charge is 2.24. The van der Waals surface area contributed by atoms with Crippen LogP contribution in [0.5, 0.6) is 0 Å². The molecule has 0 spiro atoms. The molecule has 21 heavy (non-hydrogen) atoms. The van der Waals surface area contributed by atoms with Crippen LogP contribution in [0, 0.1) is 11.8 Å². The second kappa shape index (κ2) is 8.41. The normalized spacial score (nSPS) is 23.3. The highest BCUT2D eigenvalue weighted by molar-refractivity contribution is 6.42. The maximum atomic E-state index is 6.38. The highest BCUT2D eigenvalue weighted by Crippen LogP contribution is 2.34. The first-order valence-electron chi connectivity index (χ1n) is 8.24. The molecule has 3 heteroatoms. The fraction of sp³-hybridized carbons (Fsp3) is 0.667. The van der Waals surface area contributed by atoms with Gasteiger partial charge in [-0.25, -0.2) is 0 Å². The van der Waals surface area contributed by atoms with Crippen LogP contribution in [0.1, 0.15) is 51.5 Å². The van der Waals surface area contributed by atoms with E-state index in [-0.39, 0.29) is 0 Å². The third-order valence-electron chi connectivity index (χ3n) is 4.62. The van der Waals surface area contributed by atoms with Gasteiger partial charge in [-0.3, -0.25) is 0 Å². The van der Waals surface area contributed by atoms with E-state index in [1.807, 2.05) is 12.1 Å². The molecule has 1 aromatic rings. The summed E-state index contributed by atoms with van der Waals surface area (Å²) in [6, 6.07) is 6.58. The Balaban J connectivity index is 2.07. The quantitative estimate of drug-likeness (QED) is 0.681. The standard InChI is InChI=1S/C18H27Cl2N/c1-13(2)21-12-16-8-5-3-4-7-14(16)11-15-9-6-10-17(19)18(15)20/h6,9-10,13-14,16,21H,3-5,7-8,11-12H2,1-2H3. The van der Waals surface area contributed by atoms with Gasteiger partial charge in [0.05, 0.1) is 10.0 Å². The van der Waals surface area contributed by atoms with Gasteiger partial charge in [0.25, 0.3) is 0 Å². The third-order valence-corrected chi connectivity index (χ3v) is 5.48. The maximum Gasteiger partial charge on any atom is 0.0624 e. The van der Waals surface area contributed by atoms with Crippen molar-refractivity contribution in [2.45, 2.75) is 58.4 Å². The summed E-state index contributed by atoms with van der Waals surface area (Å²) in [5.41, 5.74) is 1.21. The van der Waals surface area contributed by atoms with Gasteiger partial charge in [0.1, 0.15) is 0 Å². The maximum absolute atomic E-state index is 6.38. The van der Waals surface area contributed by atoms with Crippen molar-refractivity contribution < 1.29 is 0 Å². The van der Waals surface area contributed by atoms with E-state index in [2.05, 4.69) is 25.2 Å². The average Bonchev–Trinajstić information content (AvgIpc) is 2.67. The van der Waals surface area contributed by atoms with Gasteiger partial charge >= 0.3 is 0 Å². The lowest BCUT2D eigenvalue weighted by Crippen LogP contribution is -2.33. The van der Waals surface area contributed by atoms with Crippen molar-refractivity contribution in [2.75, 3.05) is 6.54 Å². The van der Waals surface area contributed by atoms with Gasteiger partial charge in [-0.15, -0.1) is 0 Å². The number of halogens is 2. The summed E-state index contributed by atoms with van der Waals surface area (Å²) in [6.07, 6.45) is 7.79. The smallest absolute Gasteiger partial charge is 0.0624 e. The molecule has 2 rings (SSSR count). The van der Waals surface area contributed by atoms with E-state index < -0.39 is 0 Å². The Labute approximate surface area is 139 Å². The predicted octanol–water partition coefficient (Wildman–Crippen LogP) is 5.73. The van der Waals surface area contributed by atoms with Gasteiger partial charge < -0.3 is 5.32 Å². The van der Waals surface area contributed by atoms with Crippen molar-refractivity contribution in [3.8, 4) is 0 Å². The van der Waals surface area contributed by atoms with E-state index in [9.17, 15) is 0 Å². The number of hydrogen-bond donors (Lipinski definition) is 1. The minimum atomic E-state index is 0.559. The first-order valence-corrected chi connectivity index (χ1v) is 8.99. The predicted molar refractivity (Wildman–Crippen MR) is 93.4 cm³/mol. The van der Waals surface area contributed by atoms with Gasteiger partial charge in [-0.2, -0.15) is 0 Å². The van der Waals surface area contributed by atoms with Crippen LogP contribution < -0.4 is 5.32 Å². The van der Waals surface area contributed by atoms with Crippen LogP contribution in [-0.4, -0.2) is 12.6 Å². The molecule has 0 saturated heterocycles. The number of rotatable bonds is 5. The van der Waals surface area contributed by atoms with Gasteiger partial charge in [0, 0.05) is 6.04 Å². The molecule has 0 heterocycles. The molecular weight excluding hydrogens is 301 g/mol. The Morgan fingerprint density at radius 1 is 1.10 bits per heavy atom. The highest BCUT2D eigenvalue weighted by atomic mass is 35.5. The lowest BCUT2D eigenvalue weighted by Gasteiger charge is -2.27. The van der Waals surface area contributed by atoms with Crippen LogP contribution in [0.3, 0.4) is 0 Å². The minimum absolute atomic E-state index is 0.559. The molecule has 1 aliphatic rings. The summed E-state index contributed by atoms with van der Waals surface area (Å²) in [5, 5.41) is 5.05. The zero-order valence-corrected chi connectivity index (χ0v) is 14.7. The molecule has 2 atom stereocenters. The summed E-state index contributed by atoms with van der Waals surface area (Å²) in [5.74, 6) is 1.47. The fourth-order valence-electron chi connectivity index (χ4n) is 3.37. The first-order chi connectivity index (χ1) is 10.1. The number of hydrogen-bond acceptors (Lipinski definition) is 1. The molecular formula is C18H27Cl2N. The van der Waals surface area contributed by atoms with Crippen LogP contribution in [0.4, 0.5) is 0 Å². The first kappa shape index (κ1) is 17.1. The van der Waals surface area contributed by atoms with Gasteiger partial charge in [-0.1, -0.05) is 68.4 Å². The minimum Gasteiger partial charge on any atom is -0.314 e. The van der Waals surface area contributed by atoms with Crippen molar-refractivity contribution in [3.05, 3.63) is 33.8 Å². The van der Waals surface area contributed by atoms with Crippen LogP contribution in [0.15, 0.2) is 18.2 Å². The summed E-state index contributed by atoms with van der Waals surface area (Å²) >= 11 is 12.5. The van der Waals surface area contributed by atoms with Crippen molar-refractivity contribution >= 4 is 23.2 Å². The molecule has 1 fully saturated rings. The lowest BCUT2D eigenvalue weighted by atomic mass is 9.83. The van der Waals surface area contributed by atoms with Crippen LogP contribution in [0.25, 0.3) is 0 Å². The number of nitrogens with one attached hydrogen (secondary N) is 1. The summed E-state index contributed by atoms with van der Waals surface area (Å²) in [6.45, 7) is 5.57. The van der Waals surface area contributed by atoms with Crippen LogP contribution >= 0.6 is 23.2 Å². The van der Waals surface area contributed by atoms with Crippen molar-refractivity contribution in [3.63, 3.8) is 0 Å². The Hall–Kier alpha value is -0.240. The molecule has 118 valence electrons. The monoisotopic (exact) mass is 327 g/mol. The third kappa shape index (κ3) is 5.16. The van der Waals surface area contributed by atoms with Crippen molar-refractivity contribution in [1.29, 1.82) is 0 Å². The zero-order valence-electron chi connectivity index (χ0n) is 13.2. The Morgan fingerprint density at radius 3 is 2.52 bits per heavy atom. The van der Waals surface area contributed by atoms with Crippen LogP contribution in [0.2, 0.25) is 10.0 Å². The SMILES string of the molecule is CC(C)NCC1CCCCCC1Cc1cccc(Cl)c1Cl. The molecule has 1 N–H and O–H groups in total. The lowest BCUT2D eigenvalue weighted by molar-refractivity contribution is 0.291. The van der Waals surface area contributed by atoms with Crippen molar-refractivity contribution in [1.82, 2.24) is 5.32 Å². The Bertz CT molecular complexity index is 445. The molecule has 2 unspecified atom stereocenters. The van der Waals surface area contributed by atoms with E-state index >= 15 is 0 Å². The van der Waals surface area contributed by atoms with Gasteiger partial charge in [-0.05, 0) is 49.3 Å². The molecule has 0 aliphatic heterocycles. The largest absolute Gasteiger partial charge is 0.314 e. The summed E-state index contributed by atoms with van der Waals surface area (Å²) in [4.78, 5) is 0. The van der Waals surface area contributed by atoms with Crippen molar-refractivity contribution in [2.24, 2.45) is 11.8 Å². The topological polar surface area (TPSA) is 12.0 Å². The van der Waals surface area contributed by atoms with E-state index in [1.165, 1.54) is 37.7 Å². The molecule has 1 nitrogen and oxygen atoms in total. The summed E-state index contributed by atoms with van der Waals surface area (Å²) in [7, 11) is 0. The summed E-state index contributed by atoms with van der Waals surface area (Å²) < 4.78 is 0. The molecule has 0 aromatic heterocycles. The second-order valence-electron chi connectivity index (χ2n) is 6.64. The number of benzene rings is 1. The van der Waals surface area contributed by atoms with Crippen LogP contribution in [-0.2, 0) is 6.42 Å². The van der Waals surface area contributed by atoms with Gasteiger partial charge in [0.2, 0.25) is 0 Å². The molecule has 0 bridgehead atoms. The van der Waals surface area contributed by atoms with E-state index in [0.29, 0.717) is 11.1 Å².